The van der Waals surface area contributed by atoms with E-state index in [4.69, 9.17) is 22.7 Å². The number of hydrogen-bond acceptors (Lipinski definition) is 5. The third-order valence-electron chi connectivity index (χ3n) is 2.97. The predicted molar refractivity (Wildman–Crippen MR) is 77.3 cm³/mol. The highest BCUT2D eigenvalue weighted by Gasteiger charge is 2.24. The van der Waals surface area contributed by atoms with Gasteiger partial charge >= 0.3 is 6.09 Å². The zero-order chi connectivity index (χ0) is 14.8. The molecule has 0 aromatic heterocycles. The van der Waals surface area contributed by atoms with Crippen LogP contribution in [0.5, 0.6) is 0 Å². The Kier molecular flexibility index (Phi) is 4.24. The van der Waals surface area contributed by atoms with Gasteiger partial charge in [-0.25, -0.2) is 13.2 Å². The van der Waals surface area contributed by atoms with Crippen molar-refractivity contribution in [3.8, 4) is 0 Å². The number of hydrogen-bond donors (Lipinski definition) is 1. The highest BCUT2D eigenvalue weighted by atomic mass is 32.2. The number of carbonyl (C=O) groups is 1. The Morgan fingerprint density at radius 3 is 2.50 bits per heavy atom. The fourth-order valence-corrected chi connectivity index (χ4v) is 3.19. The Morgan fingerprint density at radius 1 is 1.35 bits per heavy atom. The van der Waals surface area contributed by atoms with E-state index in [-0.39, 0.29) is 22.2 Å². The maximum absolute atomic E-state index is 12.1. The van der Waals surface area contributed by atoms with Crippen LogP contribution in [0.3, 0.4) is 0 Å². The zero-order valence-corrected chi connectivity index (χ0v) is 12.2. The van der Waals surface area contributed by atoms with Crippen LogP contribution in [0.1, 0.15) is 5.56 Å². The molecule has 0 aliphatic carbocycles. The standard InChI is InChI=1S/C12H14N2O4S2/c13-11(19)9-1-3-10(4-2-9)20(16,17)8-6-14-5-7-18-12(14)15/h1-4H,5-8H2,(H2,13,19). The number of nitrogens with zero attached hydrogens (tertiary/aromatic N) is 1. The van der Waals surface area contributed by atoms with Crippen molar-refractivity contribution in [2.24, 2.45) is 5.73 Å². The predicted octanol–water partition coefficient (Wildman–Crippen LogP) is 0.547. The molecule has 0 radical (unpaired) electrons. The molecular formula is C12H14N2O4S2. The minimum Gasteiger partial charge on any atom is -0.448 e. The molecule has 0 saturated carbocycles. The molecule has 20 heavy (non-hydrogen) atoms. The van der Waals surface area contributed by atoms with Crippen LogP contribution in [-0.4, -0.2) is 49.8 Å². The first-order valence-electron chi connectivity index (χ1n) is 5.94. The van der Waals surface area contributed by atoms with Crippen molar-refractivity contribution in [1.82, 2.24) is 4.90 Å². The van der Waals surface area contributed by atoms with Gasteiger partial charge in [0.2, 0.25) is 0 Å². The van der Waals surface area contributed by atoms with E-state index >= 15 is 0 Å². The number of carbonyl (C=O) groups excluding carboxylic acids is 1. The summed E-state index contributed by atoms with van der Waals surface area (Å²) >= 11 is 4.81. The van der Waals surface area contributed by atoms with Gasteiger partial charge in [0.15, 0.2) is 9.84 Å². The van der Waals surface area contributed by atoms with Crippen molar-refractivity contribution in [3.63, 3.8) is 0 Å². The van der Waals surface area contributed by atoms with Crippen LogP contribution in [0.2, 0.25) is 0 Å². The lowest BCUT2D eigenvalue weighted by Gasteiger charge is -2.12. The Bertz CT molecular complexity index is 625. The van der Waals surface area contributed by atoms with Crippen LogP contribution in [-0.2, 0) is 14.6 Å². The first-order chi connectivity index (χ1) is 9.40. The Hall–Kier alpha value is -1.67. The molecule has 0 spiro atoms. The molecule has 2 N–H and O–H groups in total. The maximum Gasteiger partial charge on any atom is 0.409 e. The van der Waals surface area contributed by atoms with Crippen molar-refractivity contribution in [1.29, 1.82) is 0 Å². The maximum atomic E-state index is 12.1. The lowest BCUT2D eigenvalue weighted by atomic mass is 10.2. The number of rotatable bonds is 5. The summed E-state index contributed by atoms with van der Waals surface area (Å²) in [5.41, 5.74) is 6.07. The third kappa shape index (κ3) is 3.26. The van der Waals surface area contributed by atoms with E-state index in [1.54, 1.807) is 12.1 Å². The van der Waals surface area contributed by atoms with Gasteiger partial charge in [0.05, 0.1) is 17.2 Å². The number of amides is 1. The summed E-state index contributed by atoms with van der Waals surface area (Å²) in [5, 5.41) is 0. The number of ether oxygens (including phenoxy) is 1. The van der Waals surface area contributed by atoms with E-state index in [2.05, 4.69) is 0 Å². The van der Waals surface area contributed by atoms with Gasteiger partial charge < -0.3 is 15.4 Å². The normalized spacial score (nSPS) is 15.2. The lowest BCUT2D eigenvalue weighted by Crippen LogP contribution is -2.30. The monoisotopic (exact) mass is 314 g/mol. The van der Waals surface area contributed by atoms with Gasteiger partial charge in [0, 0.05) is 12.1 Å². The average molecular weight is 314 g/mol. The summed E-state index contributed by atoms with van der Waals surface area (Å²) in [7, 11) is -3.45. The number of sulfone groups is 1. The molecule has 1 saturated heterocycles. The van der Waals surface area contributed by atoms with Crippen LogP contribution >= 0.6 is 12.2 Å². The molecule has 0 bridgehead atoms. The van der Waals surface area contributed by atoms with E-state index in [0.29, 0.717) is 18.7 Å². The summed E-state index contributed by atoms with van der Waals surface area (Å²) in [6.07, 6.45) is -0.468. The van der Waals surface area contributed by atoms with Gasteiger partial charge in [-0.1, -0.05) is 24.4 Å². The van der Waals surface area contributed by atoms with Crippen molar-refractivity contribution in [3.05, 3.63) is 29.8 Å². The zero-order valence-electron chi connectivity index (χ0n) is 10.6. The van der Waals surface area contributed by atoms with Gasteiger partial charge in [0.1, 0.15) is 11.6 Å². The van der Waals surface area contributed by atoms with Crippen LogP contribution in [0.15, 0.2) is 29.2 Å². The van der Waals surface area contributed by atoms with Gasteiger partial charge in [-0.3, -0.25) is 0 Å². The molecule has 0 atom stereocenters. The summed E-state index contributed by atoms with van der Waals surface area (Å²) in [6, 6.07) is 6.07. The van der Waals surface area contributed by atoms with Crippen molar-refractivity contribution in [2.75, 3.05) is 25.4 Å². The second-order valence-corrected chi connectivity index (χ2v) is 6.86. The Labute approximate surface area is 122 Å². The minimum atomic E-state index is -3.45. The fraction of sp³-hybridized carbons (Fsp3) is 0.333. The van der Waals surface area contributed by atoms with Crippen LogP contribution < -0.4 is 5.73 Å². The number of benzene rings is 1. The van der Waals surface area contributed by atoms with Gasteiger partial charge in [-0.2, -0.15) is 0 Å². The smallest absolute Gasteiger partial charge is 0.409 e. The van der Waals surface area contributed by atoms with Crippen LogP contribution in [0, 0.1) is 0 Å². The largest absolute Gasteiger partial charge is 0.448 e. The SMILES string of the molecule is NC(=S)c1ccc(S(=O)(=O)CCN2CCOC2=O)cc1. The molecular weight excluding hydrogens is 300 g/mol. The molecule has 1 aromatic carbocycles. The summed E-state index contributed by atoms with van der Waals surface area (Å²) in [5.74, 6) is -0.144. The molecule has 108 valence electrons. The van der Waals surface area contributed by atoms with E-state index in [1.165, 1.54) is 17.0 Å². The minimum absolute atomic E-state index is 0.123. The van der Waals surface area contributed by atoms with Crippen LogP contribution in [0.25, 0.3) is 0 Å². The molecule has 6 nitrogen and oxygen atoms in total. The van der Waals surface area contributed by atoms with Crippen molar-refractivity contribution in [2.45, 2.75) is 4.90 Å². The average Bonchev–Trinajstić information content (AvgIpc) is 2.82. The van der Waals surface area contributed by atoms with E-state index < -0.39 is 15.9 Å². The first kappa shape index (κ1) is 14.7. The quantitative estimate of drug-likeness (QED) is 0.798. The van der Waals surface area contributed by atoms with E-state index in [1.807, 2.05) is 0 Å². The van der Waals surface area contributed by atoms with Crippen LogP contribution in [0.4, 0.5) is 4.79 Å². The molecule has 1 amide bonds. The third-order valence-corrected chi connectivity index (χ3v) is 4.92. The molecule has 1 fully saturated rings. The first-order valence-corrected chi connectivity index (χ1v) is 8.00. The number of cyclic esters (lactones) is 1. The molecule has 1 aliphatic rings. The van der Waals surface area contributed by atoms with Gasteiger partial charge in [0.25, 0.3) is 0 Å². The molecule has 1 aliphatic heterocycles. The number of thiocarbonyl (C=S) groups is 1. The fourth-order valence-electron chi connectivity index (χ4n) is 1.80. The Morgan fingerprint density at radius 2 is 2.00 bits per heavy atom. The Balaban J connectivity index is 2.06. The molecule has 8 heteroatoms. The topological polar surface area (TPSA) is 89.7 Å². The van der Waals surface area contributed by atoms with Gasteiger partial charge in [-0.15, -0.1) is 0 Å². The molecule has 1 aromatic rings. The second-order valence-electron chi connectivity index (χ2n) is 4.31. The van der Waals surface area contributed by atoms with E-state index in [0.717, 1.165) is 0 Å². The molecule has 2 rings (SSSR count). The molecule has 1 heterocycles. The highest BCUT2D eigenvalue weighted by Crippen LogP contribution is 2.14. The number of nitrogens with two attached hydrogens (primary N) is 1. The molecule has 0 unspecified atom stereocenters. The van der Waals surface area contributed by atoms with Crippen molar-refractivity contribution >= 4 is 33.1 Å². The summed E-state index contributed by atoms with van der Waals surface area (Å²) < 4.78 is 29.0. The van der Waals surface area contributed by atoms with Gasteiger partial charge in [-0.05, 0) is 12.1 Å². The lowest BCUT2D eigenvalue weighted by molar-refractivity contribution is 0.160. The highest BCUT2D eigenvalue weighted by molar-refractivity contribution is 7.91. The second kappa shape index (κ2) is 5.76. The summed E-state index contributed by atoms with van der Waals surface area (Å²) in [4.78, 5) is 13.0. The van der Waals surface area contributed by atoms with Crippen molar-refractivity contribution < 1.29 is 17.9 Å². The summed E-state index contributed by atoms with van der Waals surface area (Å²) in [6.45, 7) is 0.856. The van der Waals surface area contributed by atoms with E-state index in [9.17, 15) is 13.2 Å².